The molecular formula is C17H13ClN2O2S. The molecule has 23 heavy (non-hydrogen) atoms. The number of nitrogens with one attached hydrogen (secondary N) is 1. The quantitative estimate of drug-likeness (QED) is 0.541. The molecule has 0 aliphatic carbocycles. The van der Waals surface area contributed by atoms with Crippen LogP contribution in [0.15, 0.2) is 60.8 Å². The smallest absolute Gasteiger partial charge is 0.345 e. The highest BCUT2D eigenvalue weighted by Gasteiger charge is 2.13. The number of aromatic nitrogens is 1. The van der Waals surface area contributed by atoms with E-state index in [1.165, 1.54) is 11.3 Å². The first-order chi connectivity index (χ1) is 11.2. The van der Waals surface area contributed by atoms with Crippen LogP contribution in [0.1, 0.15) is 15.2 Å². The lowest BCUT2D eigenvalue weighted by Crippen LogP contribution is -2.12. The summed E-state index contributed by atoms with van der Waals surface area (Å²) in [6.07, 6.45) is 1.71. The van der Waals surface area contributed by atoms with Gasteiger partial charge < -0.3 is 10.1 Å². The number of hydrogen-bond acceptors (Lipinski definition) is 5. The Labute approximate surface area is 142 Å². The van der Waals surface area contributed by atoms with Crippen LogP contribution in [0.3, 0.4) is 0 Å². The molecule has 6 heteroatoms. The van der Waals surface area contributed by atoms with Crippen LogP contribution in [0, 0.1) is 0 Å². The van der Waals surface area contributed by atoms with Gasteiger partial charge in [0.15, 0.2) is 4.47 Å². The van der Waals surface area contributed by atoms with E-state index in [-0.39, 0.29) is 0 Å². The molecule has 0 radical (unpaired) electrons. The second-order valence-corrected chi connectivity index (χ2v) is 6.38. The predicted molar refractivity (Wildman–Crippen MR) is 92.3 cm³/mol. The minimum atomic E-state index is -0.401. The number of halogens is 1. The summed E-state index contributed by atoms with van der Waals surface area (Å²) in [4.78, 5) is 17.3. The Bertz CT molecular complexity index is 805. The van der Waals surface area contributed by atoms with E-state index in [0.29, 0.717) is 28.0 Å². The summed E-state index contributed by atoms with van der Waals surface area (Å²) in [7, 11) is 0. The summed E-state index contributed by atoms with van der Waals surface area (Å²) < 4.78 is 5.89. The number of ether oxygens (including phenoxy) is 1. The van der Waals surface area contributed by atoms with Crippen LogP contribution in [0.25, 0.3) is 0 Å². The third-order valence-corrected chi connectivity index (χ3v) is 4.19. The zero-order valence-electron chi connectivity index (χ0n) is 12.0. The number of benzene rings is 2. The van der Waals surface area contributed by atoms with Crippen LogP contribution in [-0.4, -0.2) is 11.0 Å². The Kier molecular flexibility index (Phi) is 4.90. The van der Waals surface area contributed by atoms with E-state index in [2.05, 4.69) is 10.3 Å². The minimum absolute atomic E-state index is 0.401. The number of carbonyl (C=O) groups is 1. The van der Waals surface area contributed by atoms with Crippen molar-refractivity contribution < 1.29 is 9.53 Å². The van der Waals surface area contributed by atoms with Crippen LogP contribution in [0.5, 0.6) is 5.75 Å². The van der Waals surface area contributed by atoms with Crippen molar-refractivity contribution in [2.45, 2.75) is 6.54 Å². The van der Waals surface area contributed by atoms with Gasteiger partial charge in [-0.05, 0) is 24.3 Å². The molecule has 0 aliphatic heterocycles. The number of hydrogen-bond donors (Lipinski definition) is 1. The highest BCUT2D eigenvalue weighted by atomic mass is 35.5. The minimum Gasteiger partial charge on any atom is -0.423 e. The van der Waals surface area contributed by atoms with Crippen LogP contribution in [0.2, 0.25) is 4.47 Å². The number of esters is 1. The van der Waals surface area contributed by atoms with Crippen molar-refractivity contribution in [1.82, 2.24) is 4.98 Å². The molecular weight excluding hydrogens is 332 g/mol. The van der Waals surface area contributed by atoms with Gasteiger partial charge in [0.05, 0.1) is 12.1 Å². The zero-order valence-corrected chi connectivity index (χ0v) is 13.6. The maximum atomic E-state index is 12.4. The number of para-hydroxylation sites is 2. The van der Waals surface area contributed by atoms with E-state index >= 15 is 0 Å². The van der Waals surface area contributed by atoms with Gasteiger partial charge >= 0.3 is 5.97 Å². The largest absolute Gasteiger partial charge is 0.423 e. The van der Waals surface area contributed by atoms with Gasteiger partial charge in [-0.1, -0.05) is 41.9 Å². The lowest BCUT2D eigenvalue weighted by Gasteiger charge is -2.10. The molecule has 0 atom stereocenters. The van der Waals surface area contributed by atoms with Crippen LogP contribution < -0.4 is 10.1 Å². The molecule has 0 spiro atoms. The number of rotatable bonds is 5. The van der Waals surface area contributed by atoms with Crippen molar-refractivity contribution in [2.75, 3.05) is 5.32 Å². The van der Waals surface area contributed by atoms with Crippen molar-refractivity contribution in [3.05, 3.63) is 75.7 Å². The molecule has 0 aliphatic rings. The van der Waals surface area contributed by atoms with Crippen LogP contribution in [0.4, 0.5) is 5.69 Å². The maximum absolute atomic E-state index is 12.4. The third kappa shape index (κ3) is 4.09. The van der Waals surface area contributed by atoms with Crippen molar-refractivity contribution in [1.29, 1.82) is 0 Å². The van der Waals surface area contributed by atoms with E-state index in [1.54, 1.807) is 30.5 Å². The first-order valence-electron chi connectivity index (χ1n) is 6.93. The molecule has 2 aromatic carbocycles. The third-order valence-electron chi connectivity index (χ3n) is 3.08. The van der Waals surface area contributed by atoms with E-state index in [9.17, 15) is 4.79 Å². The number of carbonyl (C=O) groups excluding carboxylic acids is 1. The summed E-state index contributed by atoms with van der Waals surface area (Å²) in [5, 5.41) is 3.22. The summed E-state index contributed by atoms with van der Waals surface area (Å²) in [6.45, 7) is 0.542. The van der Waals surface area contributed by atoms with E-state index < -0.39 is 5.97 Å². The second kappa shape index (κ2) is 7.26. The molecule has 4 nitrogen and oxygen atoms in total. The fourth-order valence-electron chi connectivity index (χ4n) is 2.01. The monoisotopic (exact) mass is 344 g/mol. The summed E-state index contributed by atoms with van der Waals surface area (Å²) >= 11 is 7.22. The fraction of sp³-hybridized carbons (Fsp3) is 0.0588. The van der Waals surface area contributed by atoms with Gasteiger partial charge in [-0.15, -0.1) is 11.3 Å². The van der Waals surface area contributed by atoms with E-state index in [0.717, 1.165) is 4.88 Å². The topological polar surface area (TPSA) is 51.2 Å². The highest BCUT2D eigenvalue weighted by molar-refractivity contribution is 7.15. The number of thiazole rings is 1. The molecule has 1 heterocycles. The molecule has 3 aromatic rings. The van der Waals surface area contributed by atoms with Gasteiger partial charge in [-0.2, -0.15) is 0 Å². The summed E-state index contributed by atoms with van der Waals surface area (Å²) in [5.41, 5.74) is 1.19. The first kappa shape index (κ1) is 15.5. The van der Waals surface area contributed by atoms with Crippen molar-refractivity contribution in [3.63, 3.8) is 0 Å². The molecule has 3 rings (SSSR count). The van der Waals surface area contributed by atoms with Gasteiger partial charge in [0.25, 0.3) is 0 Å². The summed E-state index contributed by atoms with van der Waals surface area (Å²) in [6, 6.07) is 16.2. The standard InChI is InChI=1S/C17H13ClN2O2S/c18-17-20-11-13(23-17)10-19-15-9-5-4-8-14(15)16(21)22-12-6-2-1-3-7-12/h1-9,11,19H,10H2. The maximum Gasteiger partial charge on any atom is 0.345 e. The van der Waals surface area contributed by atoms with Crippen LogP contribution in [-0.2, 0) is 6.54 Å². The van der Waals surface area contributed by atoms with Crippen molar-refractivity contribution in [2.24, 2.45) is 0 Å². The van der Waals surface area contributed by atoms with Gasteiger partial charge in [-0.25, -0.2) is 9.78 Å². The normalized spacial score (nSPS) is 10.3. The lowest BCUT2D eigenvalue weighted by atomic mass is 10.2. The van der Waals surface area contributed by atoms with Crippen molar-refractivity contribution >= 4 is 34.6 Å². The second-order valence-electron chi connectivity index (χ2n) is 4.68. The Morgan fingerprint density at radius 3 is 2.61 bits per heavy atom. The molecule has 1 N–H and O–H groups in total. The first-order valence-corrected chi connectivity index (χ1v) is 8.12. The Morgan fingerprint density at radius 2 is 1.87 bits per heavy atom. The average Bonchev–Trinajstić information content (AvgIpc) is 2.99. The van der Waals surface area contributed by atoms with E-state index in [4.69, 9.17) is 16.3 Å². The Balaban J connectivity index is 1.73. The molecule has 0 saturated heterocycles. The zero-order chi connectivity index (χ0) is 16.1. The molecule has 0 unspecified atom stereocenters. The molecule has 0 bridgehead atoms. The molecule has 0 fully saturated rings. The van der Waals surface area contributed by atoms with Gasteiger partial charge in [0.1, 0.15) is 5.75 Å². The Morgan fingerprint density at radius 1 is 1.13 bits per heavy atom. The van der Waals surface area contributed by atoms with Gasteiger partial charge in [0, 0.05) is 16.8 Å². The SMILES string of the molecule is O=C(Oc1ccccc1)c1ccccc1NCc1cnc(Cl)s1. The Hall–Kier alpha value is -2.37. The van der Waals surface area contributed by atoms with E-state index in [1.807, 2.05) is 30.3 Å². The van der Waals surface area contributed by atoms with Crippen molar-refractivity contribution in [3.8, 4) is 5.75 Å². The predicted octanol–water partition coefficient (Wildman–Crippen LogP) is 4.63. The molecule has 1 aromatic heterocycles. The highest BCUT2D eigenvalue weighted by Crippen LogP contribution is 2.22. The van der Waals surface area contributed by atoms with Gasteiger partial charge in [-0.3, -0.25) is 0 Å². The summed E-state index contributed by atoms with van der Waals surface area (Å²) in [5.74, 6) is 0.114. The average molecular weight is 345 g/mol. The number of nitrogens with zero attached hydrogens (tertiary/aromatic N) is 1. The molecule has 0 saturated carbocycles. The van der Waals surface area contributed by atoms with Crippen LogP contribution >= 0.6 is 22.9 Å². The molecule has 0 amide bonds. The fourth-order valence-corrected chi connectivity index (χ4v) is 2.93. The lowest BCUT2D eigenvalue weighted by molar-refractivity contribution is 0.0736. The molecule has 116 valence electrons. The van der Waals surface area contributed by atoms with Gasteiger partial charge in [0.2, 0.25) is 0 Å². The number of anilines is 1.